The van der Waals surface area contributed by atoms with Gasteiger partial charge in [0.05, 0.1) is 0 Å². The molecule has 1 atom stereocenters. The van der Waals surface area contributed by atoms with Crippen molar-refractivity contribution in [3.8, 4) is 0 Å². The lowest BCUT2D eigenvalue weighted by Crippen LogP contribution is -2.42. The van der Waals surface area contributed by atoms with Gasteiger partial charge in [0.2, 0.25) is 0 Å². The first-order valence-electron chi connectivity index (χ1n) is 12.8. The number of ether oxygens (including phenoxy) is 1. The summed E-state index contributed by atoms with van der Waals surface area (Å²) in [6, 6.07) is 9.64. The second-order valence-corrected chi connectivity index (χ2v) is 8.74. The molecular weight excluding hydrogens is 384 g/mol. The van der Waals surface area contributed by atoms with Crippen molar-refractivity contribution < 1.29 is 9.53 Å². The molecule has 1 N–H and O–H groups in total. The van der Waals surface area contributed by atoms with Crippen molar-refractivity contribution >= 4 is 5.97 Å². The highest BCUT2D eigenvalue weighted by Gasteiger charge is 2.35. The molecule has 4 nitrogen and oxygen atoms in total. The smallest absolute Gasteiger partial charge is 0.328 e. The molecule has 0 amide bonds. The number of carbonyl (C=O) groups excluding carboxylic acids is 1. The number of nitrogens with one attached hydrogen (secondary N) is 1. The van der Waals surface area contributed by atoms with Gasteiger partial charge in [-0.2, -0.15) is 0 Å². The Morgan fingerprint density at radius 1 is 0.903 bits per heavy atom. The predicted molar refractivity (Wildman–Crippen MR) is 132 cm³/mol. The van der Waals surface area contributed by atoms with Gasteiger partial charge >= 0.3 is 5.97 Å². The number of rotatable bonds is 18. The quantitative estimate of drug-likeness (QED) is 0.268. The molecule has 0 radical (unpaired) electrons. The van der Waals surface area contributed by atoms with Crippen LogP contribution in [-0.2, 0) is 9.53 Å². The van der Waals surface area contributed by atoms with E-state index in [1.54, 1.807) is 0 Å². The molecule has 0 fully saturated rings. The van der Waals surface area contributed by atoms with Gasteiger partial charge in [0.1, 0.15) is 11.6 Å². The number of hydrogen-bond donors (Lipinski definition) is 1. The van der Waals surface area contributed by atoms with E-state index in [-0.39, 0.29) is 11.6 Å². The Labute approximate surface area is 192 Å². The van der Waals surface area contributed by atoms with Crippen molar-refractivity contribution in [3.05, 3.63) is 35.9 Å². The zero-order valence-corrected chi connectivity index (χ0v) is 20.9. The van der Waals surface area contributed by atoms with E-state index in [1.165, 1.54) is 0 Å². The molecule has 1 aromatic rings. The summed E-state index contributed by atoms with van der Waals surface area (Å²) in [6.45, 7) is 14.7. The molecule has 0 aromatic heterocycles. The minimum atomic E-state index is -0.416. The van der Waals surface area contributed by atoms with Crippen LogP contribution in [0.2, 0.25) is 0 Å². The van der Waals surface area contributed by atoms with Gasteiger partial charge in [-0.3, -0.25) is 5.32 Å². The number of benzene rings is 1. The van der Waals surface area contributed by atoms with E-state index in [2.05, 4.69) is 44.8 Å². The Balaban J connectivity index is 3.03. The molecule has 0 spiro atoms. The van der Waals surface area contributed by atoms with E-state index >= 15 is 0 Å². The van der Waals surface area contributed by atoms with Gasteiger partial charge in [0, 0.05) is 13.1 Å². The standard InChI is InChI=1S/C27H48N2O2/c1-6-11-19-27(20-12-7-2,21-13-8-3)31-26(30)25(24-17-15-14-16-18-24)28-22-23-29(9-4)10-5/h14-18,25,28H,6-13,19-23H2,1-5H3. The van der Waals surface area contributed by atoms with Gasteiger partial charge in [-0.15, -0.1) is 0 Å². The molecule has 0 heterocycles. The molecule has 178 valence electrons. The van der Waals surface area contributed by atoms with Crippen LogP contribution < -0.4 is 5.32 Å². The van der Waals surface area contributed by atoms with Gasteiger partial charge < -0.3 is 9.64 Å². The molecule has 0 saturated heterocycles. The van der Waals surface area contributed by atoms with Crippen molar-refractivity contribution in [1.82, 2.24) is 10.2 Å². The van der Waals surface area contributed by atoms with Gasteiger partial charge in [-0.25, -0.2) is 4.79 Å². The van der Waals surface area contributed by atoms with Crippen LogP contribution in [0.1, 0.15) is 104 Å². The third-order valence-electron chi connectivity index (χ3n) is 6.31. The summed E-state index contributed by atoms with van der Waals surface area (Å²) in [6.07, 6.45) is 9.60. The maximum atomic E-state index is 13.6. The van der Waals surface area contributed by atoms with Crippen LogP contribution in [0.5, 0.6) is 0 Å². The maximum Gasteiger partial charge on any atom is 0.328 e. The van der Waals surface area contributed by atoms with Gasteiger partial charge in [-0.05, 0) is 57.2 Å². The third kappa shape index (κ3) is 10.2. The van der Waals surface area contributed by atoms with Gasteiger partial charge in [0.25, 0.3) is 0 Å². The summed E-state index contributed by atoms with van der Waals surface area (Å²) in [5.74, 6) is -0.117. The molecule has 1 rings (SSSR count). The number of nitrogens with zero attached hydrogens (tertiary/aromatic N) is 1. The molecule has 4 heteroatoms. The second-order valence-electron chi connectivity index (χ2n) is 8.74. The van der Waals surface area contributed by atoms with E-state index in [0.29, 0.717) is 0 Å². The average Bonchev–Trinajstić information content (AvgIpc) is 2.80. The largest absolute Gasteiger partial charge is 0.458 e. The Hall–Kier alpha value is -1.39. The molecule has 31 heavy (non-hydrogen) atoms. The summed E-state index contributed by atoms with van der Waals surface area (Å²) >= 11 is 0. The van der Waals surface area contributed by atoms with Crippen LogP contribution in [0.15, 0.2) is 30.3 Å². The van der Waals surface area contributed by atoms with Crippen LogP contribution in [0.25, 0.3) is 0 Å². The molecule has 1 aromatic carbocycles. The first kappa shape index (κ1) is 27.6. The fraction of sp³-hybridized carbons (Fsp3) is 0.741. The second kappa shape index (κ2) is 16.3. The van der Waals surface area contributed by atoms with Crippen LogP contribution in [0, 0.1) is 0 Å². The number of unbranched alkanes of at least 4 members (excludes halogenated alkanes) is 3. The Bertz CT molecular complexity index is 550. The van der Waals surface area contributed by atoms with Crippen molar-refractivity contribution in [2.24, 2.45) is 0 Å². The number of likely N-dealkylation sites (N-methyl/N-ethyl adjacent to an activating group) is 1. The Kier molecular flexibility index (Phi) is 14.5. The summed E-state index contributed by atoms with van der Waals surface area (Å²) < 4.78 is 6.46. The highest BCUT2D eigenvalue weighted by molar-refractivity contribution is 5.78. The number of carbonyl (C=O) groups is 1. The lowest BCUT2D eigenvalue weighted by Gasteiger charge is -2.36. The monoisotopic (exact) mass is 432 g/mol. The topological polar surface area (TPSA) is 41.6 Å². The van der Waals surface area contributed by atoms with Gasteiger partial charge in [-0.1, -0.05) is 84.2 Å². The van der Waals surface area contributed by atoms with Crippen molar-refractivity contribution in [2.45, 2.75) is 104 Å². The van der Waals surface area contributed by atoms with E-state index in [0.717, 1.165) is 89.5 Å². The summed E-state index contributed by atoms with van der Waals surface area (Å²) in [5.41, 5.74) is 0.662. The van der Waals surface area contributed by atoms with E-state index < -0.39 is 6.04 Å². The predicted octanol–water partition coefficient (Wildman–Crippen LogP) is 6.51. The minimum Gasteiger partial charge on any atom is -0.458 e. The fourth-order valence-electron chi connectivity index (χ4n) is 4.19. The fourth-order valence-corrected chi connectivity index (χ4v) is 4.19. The average molecular weight is 433 g/mol. The van der Waals surface area contributed by atoms with Crippen molar-refractivity contribution in [2.75, 3.05) is 26.2 Å². The van der Waals surface area contributed by atoms with Crippen LogP contribution >= 0.6 is 0 Å². The zero-order chi connectivity index (χ0) is 23.0. The highest BCUT2D eigenvalue weighted by Crippen LogP contribution is 2.33. The summed E-state index contributed by atoms with van der Waals surface area (Å²) in [7, 11) is 0. The lowest BCUT2D eigenvalue weighted by atomic mass is 9.85. The van der Waals surface area contributed by atoms with Crippen molar-refractivity contribution in [1.29, 1.82) is 0 Å². The van der Waals surface area contributed by atoms with E-state index in [4.69, 9.17) is 4.74 Å². The van der Waals surface area contributed by atoms with Gasteiger partial charge in [0.15, 0.2) is 0 Å². The molecule has 0 bridgehead atoms. The molecular formula is C27H48N2O2. The number of hydrogen-bond acceptors (Lipinski definition) is 4. The maximum absolute atomic E-state index is 13.6. The molecule has 0 saturated carbocycles. The molecule has 0 aliphatic heterocycles. The van der Waals surface area contributed by atoms with E-state index in [9.17, 15) is 4.79 Å². The lowest BCUT2D eigenvalue weighted by molar-refractivity contribution is -0.166. The number of esters is 1. The minimum absolute atomic E-state index is 0.117. The normalized spacial score (nSPS) is 12.8. The Morgan fingerprint density at radius 3 is 1.87 bits per heavy atom. The first-order chi connectivity index (χ1) is 15.1. The molecule has 0 aliphatic rings. The first-order valence-corrected chi connectivity index (χ1v) is 12.8. The Morgan fingerprint density at radius 2 is 1.42 bits per heavy atom. The zero-order valence-electron chi connectivity index (χ0n) is 20.9. The third-order valence-corrected chi connectivity index (χ3v) is 6.31. The van der Waals surface area contributed by atoms with Crippen LogP contribution in [-0.4, -0.2) is 42.6 Å². The highest BCUT2D eigenvalue weighted by atomic mass is 16.6. The van der Waals surface area contributed by atoms with Crippen LogP contribution in [0.3, 0.4) is 0 Å². The van der Waals surface area contributed by atoms with E-state index in [1.807, 2.05) is 30.3 Å². The molecule has 1 unspecified atom stereocenters. The SMILES string of the molecule is CCCCC(CCCC)(CCCC)OC(=O)C(NCCN(CC)CC)c1ccccc1. The van der Waals surface area contributed by atoms with Crippen LogP contribution in [0.4, 0.5) is 0 Å². The van der Waals surface area contributed by atoms with Crippen molar-refractivity contribution in [3.63, 3.8) is 0 Å². The summed E-state index contributed by atoms with van der Waals surface area (Å²) in [5, 5.41) is 3.51. The summed E-state index contributed by atoms with van der Waals surface area (Å²) in [4.78, 5) is 15.9. The molecule has 0 aliphatic carbocycles.